The number of hydrogen-bond acceptors (Lipinski definition) is 7. The molecule has 0 aliphatic carbocycles. The van der Waals surface area contributed by atoms with Crippen LogP contribution in [-0.4, -0.2) is 35.2 Å². The Kier molecular flexibility index (Phi) is 4.72. The molecule has 3 rings (SSSR count). The molecule has 0 spiro atoms. The molecule has 25 heavy (non-hydrogen) atoms. The summed E-state index contributed by atoms with van der Waals surface area (Å²) in [5.41, 5.74) is 1.47. The summed E-state index contributed by atoms with van der Waals surface area (Å²) in [7, 11) is 0. The Hall–Kier alpha value is -2.86. The van der Waals surface area contributed by atoms with Crippen LogP contribution in [0.2, 0.25) is 0 Å². The Morgan fingerprint density at radius 2 is 2.36 bits per heavy atom. The number of nitrogens with one attached hydrogen (secondary N) is 1. The summed E-state index contributed by atoms with van der Waals surface area (Å²) in [6.07, 6.45) is 0.177. The fraction of sp³-hybridized carbons (Fsp3) is 0.375. The SMILES string of the molecule is CCOC(=O)N1CCc2c(sc(NC(=O)c3cc(C)on3)c2C#N)C1. The third kappa shape index (κ3) is 3.34. The van der Waals surface area contributed by atoms with E-state index in [9.17, 15) is 14.9 Å². The average Bonchev–Trinajstić information content (AvgIpc) is 3.17. The van der Waals surface area contributed by atoms with Crippen molar-refractivity contribution < 1.29 is 18.8 Å². The van der Waals surface area contributed by atoms with Crippen LogP contribution in [0.25, 0.3) is 0 Å². The van der Waals surface area contributed by atoms with Crippen molar-refractivity contribution in [3.8, 4) is 6.07 Å². The minimum absolute atomic E-state index is 0.154. The van der Waals surface area contributed by atoms with Gasteiger partial charge in [-0.25, -0.2) is 4.79 Å². The van der Waals surface area contributed by atoms with E-state index < -0.39 is 5.91 Å². The fourth-order valence-corrected chi connectivity index (χ4v) is 3.83. The van der Waals surface area contributed by atoms with E-state index in [1.165, 1.54) is 17.4 Å². The molecule has 0 saturated carbocycles. The highest BCUT2D eigenvalue weighted by molar-refractivity contribution is 7.16. The lowest BCUT2D eigenvalue weighted by molar-refractivity contribution is 0.101. The van der Waals surface area contributed by atoms with E-state index in [4.69, 9.17) is 9.26 Å². The number of nitrogens with zero attached hydrogens (tertiary/aromatic N) is 3. The van der Waals surface area contributed by atoms with Crippen LogP contribution < -0.4 is 5.32 Å². The molecule has 2 aromatic rings. The zero-order valence-electron chi connectivity index (χ0n) is 13.8. The van der Waals surface area contributed by atoms with Crippen LogP contribution in [0.15, 0.2) is 10.6 Å². The summed E-state index contributed by atoms with van der Waals surface area (Å²) in [4.78, 5) is 26.6. The molecule has 0 unspecified atom stereocenters. The third-order valence-corrected chi connectivity index (χ3v) is 4.91. The van der Waals surface area contributed by atoms with Gasteiger partial charge in [0.15, 0.2) is 5.69 Å². The Morgan fingerprint density at radius 3 is 3.00 bits per heavy atom. The molecule has 130 valence electrons. The van der Waals surface area contributed by atoms with Crippen LogP contribution in [0.1, 0.15) is 39.2 Å². The van der Waals surface area contributed by atoms with Crippen molar-refractivity contribution in [3.05, 3.63) is 33.5 Å². The van der Waals surface area contributed by atoms with Crippen molar-refractivity contribution in [2.24, 2.45) is 0 Å². The maximum absolute atomic E-state index is 12.2. The van der Waals surface area contributed by atoms with Crippen molar-refractivity contribution in [2.75, 3.05) is 18.5 Å². The summed E-state index contributed by atoms with van der Waals surface area (Å²) < 4.78 is 9.92. The first kappa shape index (κ1) is 17.0. The van der Waals surface area contributed by atoms with Crippen LogP contribution >= 0.6 is 11.3 Å². The number of thiophene rings is 1. The van der Waals surface area contributed by atoms with Gasteiger partial charge in [0.2, 0.25) is 0 Å². The number of aryl methyl sites for hydroxylation is 1. The van der Waals surface area contributed by atoms with Gasteiger partial charge in [0.1, 0.15) is 16.8 Å². The minimum Gasteiger partial charge on any atom is -0.450 e. The topological polar surface area (TPSA) is 108 Å². The van der Waals surface area contributed by atoms with Gasteiger partial charge in [-0.3, -0.25) is 4.79 Å². The van der Waals surface area contributed by atoms with Crippen molar-refractivity contribution in [3.63, 3.8) is 0 Å². The van der Waals surface area contributed by atoms with Crippen LogP contribution in [0.4, 0.5) is 9.80 Å². The molecule has 2 aromatic heterocycles. The number of carbonyl (C=O) groups is 2. The first-order valence-corrected chi connectivity index (χ1v) is 8.56. The lowest BCUT2D eigenvalue weighted by Crippen LogP contribution is -2.35. The van der Waals surface area contributed by atoms with Gasteiger partial charge in [-0.15, -0.1) is 11.3 Å². The van der Waals surface area contributed by atoms with Crippen molar-refractivity contribution in [1.29, 1.82) is 5.26 Å². The highest BCUT2D eigenvalue weighted by Crippen LogP contribution is 2.37. The minimum atomic E-state index is -0.436. The molecule has 8 nitrogen and oxygen atoms in total. The zero-order chi connectivity index (χ0) is 18.0. The lowest BCUT2D eigenvalue weighted by Gasteiger charge is -2.25. The summed E-state index contributed by atoms with van der Waals surface area (Å²) in [5.74, 6) is 0.0930. The van der Waals surface area contributed by atoms with E-state index in [-0.39, 0.29) is 11.8 Å². The van der Waals surface area contributed by atoms with E-state index in [1.54, 1.807) is 18.7 Å². The van der Waals surface area contributed by atoms with Gasteiger partial charge in [0, 0.05) is 17.5 Å². The third-order valence-electron chi connectivity index (χ3n) is 3.78. The standard InChI is InChI=1S/C16H16N4O4S/c1-3-23-16(22)20-5-4-10-11(7-17)15(25-13(10)8-20)18-14(21)12-6-9(2)24-19-12/h6H,3-5,8H2,1-2H3,(H,18,21). The first-order valence-electron chi connectivity index (χ1n) is 7.74. The van der Waals surface area contributed by atoms with Gasteiger partial charge in [0.05, 0.1) is 18.7 Å². The summed E-state index contributed by atoms with van der Waals surface area (Å²) >= 11 is 1.29. The normalized spacial score (nSPS) is 13.1. The van der Waals surface area contributed by atoms with Crippen molar-refractivity contribution in [2.45, 2.75) is 26.8 Å². The van der Waals surface area contributed by atoms with Crippen LogP contribution in [-0.2, 0) is 17.7 Å². The van der Waals surface area contributed by atoms with E-state index in [0.29, 0.717) is 42.4 Å². The monoisotopic (exact) mass is 360 g/mol. The number of rotatable bonds is 3. The Balaban J connectivity index is 1.82. The summed E-state index contributed by atoms with van der Waals surface area (Å²) in [5, 5.41) is 16.3. The molecule has 1 N–H and O–H groups in total. The van der Waals surface area contributed by atoms with Crippen LogP contribution in [0.5, 0.6) is 0 Å². The van der Waals surface area contributed by atoms with Crippen molar-refractivity contribution >= 4 is 28.3 Å². The highest BCUT2D eigenvalue weighted by atomic mass is 32.1. The number of hydrogen-bond donors (Lipinski definition) is 1. The number of amides is 2. The molecule has 0 fully saturated rings. The number of ether oxygens (including phenoxy) is 1. The number of aromatic nitrogens is 1. The van der Waals surface area contributed by atoms with Gasteiger partial charge in [0.25, 0.3) is 5.91 Å². The second kappa shape index (κ2) is 6.94. The molecule has 1 aliphatic rings. The van der Waals surface area contributed by atoms with Gasteiger partial charge >= 0.3 is 6.09 Å². The molecule has 0 bridgehead atoms. The van der Waals surface area contributed by atoms with E-state index >= 15 is 0 Å². The maximum Gasteiger partial charge on any atom is 0.410 e. The molecule has 2 amide bonds. The van der Waals surface area contributed by atoms with E-state index in [1.807, 2.05) is 0 Å². The molecule has 9 heteroatoms. The molecule has 0 saturated heterocycles. The average molecular weight is 360 g/mol. The second-order valence-corrected chi connectivity index (χ2v) is 6.57. The molecular formula is C16H16N4O4S. The molecule has 0 radical (unpaired) electrons. The largest absolute Gasteiger partial charge is 0.450 e. The molecule has 1 aliphatic heterocycles. The second-order valence-electron chi connectivity index (χ2n) is 5.47. The predicted octanol–water partition coefficient (Wildman–Crippen LogP) is 2.68. The van der Waals surface area contributed by atoms with Crippen molar-refractivity contribution in [1.82, 2.24) is 10.1 Å². The summed E-state index contributed by atoms with van der Waals surface area (Å²) in [6, 6.07) is 3.68. The predicted molar refractivity (Wildman–Crippen MR) is 89.4 cm³/mol. The lowest BCUT2D eigenvalue weighted by atomic mass is 10.0. The van der Waals surface area contributed by atoms with Gasteiger partial charge in [-0.05, 0) is 25.8 Å². The van der Waals surface area contributed by atoms with E-state index in [2.05, 4.69) is 16.5 Å². The summed E-state index contributed by atoms with van der Waals surface area (Å²) in [6.45, 7) is 4.61. The van der Waals surface area contributed by atoms with Gasteiger partial charge < -0.3 is 19.5 Å². The quantitative estimate of drug-likeness (QED) is 0.901. The Labute approximate surface area is 148 Å². The van der Waals surface area contributed by atoms with Gasteiger partial charge in [-0.2, -0.15) is 5.26 Å². The Morgan fingerprint density at radius 1 is 1.56 bits per heavy atom. The molecule has 0 aromatic carbocycles. The molecule has 3 heterocycles. The first-order chi connectivity index (χ1) is 12.0. The molecule has 0 atom stereocenters. The van der Waals surface area contributed by atoms with Crippen LogP contribution in [0.3, 0.4) is 0 Å². The number of anilines is 1. The molecular weight excluding hydrogens is 344 g/mol. The Bertz CT molecular complexity index is 864. The smallest absolute Gasteiger partial charge is 0.410 e. The number of nitriles is 1. The van der Waals surface area contributed by atoms with Crippen LogP contribution in [0, 0.1) is 18.3 Å². The highest BCUT2D eigenvalue weighted by Gasteiger charge is 2.28. The van der Waals surface area contributed by atoms with E-state index in [0.717, 1.165) is 10.4 Å². The fourth-order valence-electron chi connectivity index (χ4n) is 2.62. The van der Waals surface area contributed by atoms with Gasteiger partial charge in [-0.1, -0.05) is 5.16 Å². The number of fused-ring (bicyclic) bond motifs is 1. The number of carbonyl (C=O) groups excluding carboxylic acids is 2. The maximum atomic E-state index is 12.2. The zero-order valence-corrected chi connectivity index (χ0v) is 14.6.